The van der Waals surface area contributed by atoms with E-state index in [9.17, 15) is 14.9 Å². The first-order chi connectivity index (χ1) is 12.9. The molecule has 1 fully saturated rings. The second-order valence-electron chi connectivity index (χ2n) is 6.48. The predicted molar refractivity (Wildman–Crippen MR) is 103 cm³/mol. The van der Waals surface area contributed by atoms with Crippen LogP contribution in [0.2, 0.25) is 5.02 Å². The van der Waals surface area contributed by atoms with Gasteiger partial charge in [0.2, 0.25) is 5.91 Å². The van der Waals surface area contributed by atoms with Gasteiger partial charge in [0.05, 0.1) is 16.4 Å². The number of hydrogen-bond acceptors (Lipinski definition) is 5. The molecule has 140 valence electrons. The van der Waals surface area contributed by atoms with E-state index < -0.39 is 5.56 Å². The molecular weight excluding hydrogens is 366 g/mol. The molecule has 27 heavy (non-hydrogen) atoms. The van der Waals surface area contributed by atoms with Crippen molar-refractivity contribution in [3.8, 4) is 6.07 Å². The van der Waals surface area contributed by atoms with Crippen LogP contribution in [0.1, 0.15) is 16.8 Å². The summed E-state index contributed by atoms with van der Waals surface area (Å²) < 4.78 is 1.09. The van der Waals surface area contributed by atoms with Crippen molar-refractivity contribution in [2.45, 2.75) is 20.4 Å². The molecule has 0 spiro atoms. The number of nitriles is 1. The van der Waals surface area contributed by atoms with E-state index in [1.807, 2.05) is 30.3 Å². The molecule has 0 atom stereocenters. The Labute approximate surface area is 162 Å². The van der Waals surface area contributed by atoms with Gasteiger partial charge in [0.1, 0.15) is 18.2 Å². The third-order valence-corrected chi connectivity index (χ3v) is 5.18. The largest absolute Gasteiger partial charge is 0.367 e. The average Bonchev–Trinajstić information content (AvgIpc) is 2.67. The quantitative estimate of drug-likeness (QED) is 0.803. The highest BCUT2D eigenvalue weighted by Gasteiger charge is 2.23. The zero-order valence-electron chi connectivity index (χ0n) is 15.3. The van der Waals surface area contributed by atoms with Crippen molar-refractivity contribution in [1.29, 1.82) is 5.26 Å². The van der Waals surface area contributed by atoms with Crippen LogP contribution in [0.15, 0.2) is 29.1 Å². The van der Waals surface area contributed by atoms with Crippen molar-refractivity contribution in [3.05, 3.63) is 56.5 Å². The number of rotatable bonds is 3. The third-order valence-electron chi connectivity index (χ3n) is 4.86. The summed E-state index contributed by atoms with van der Waals surface area (Å²) in [6.45, 7) is 5.63. The lowest BCUT2D eigenvalue weighted by Gasteiger charge is -2.36. The van der Waals surface area contributed by atoms with Crippen LogP contribution in [-0.4, -0.2) is 46.8 Å². The Kier molecular flexibility index (Phi) is 5.47. The number of benzene rings is 1. The fourth-order valence-corrected chi connectivity index (χ4v) is 3.40. The van der Waals surface area contributed by atoms with E-state index in [1.165, 1.54) is 0 Å². The van der Waals surface area contributed by atoms with E-state index >= 15 is 0 Å². The van der Waals surface area contributed by atoms with E-state index in [1.54, 1.807) is 18.7 Å². The van der Waals surface area contributed by atoms with Crippen LogP contribution in [-0.2, 0) is 11.3 Å². The molecule has 3 rings (SSSR count). The SMILES string of the molecule is Cc1nn(CC(=O)N2CCN(c3ccccc3Cl)CC2)c(=O)c(C#N)c1C. The molecule has 2 aromatic rings. The van der Waals surface area contributed by atoms with Crippen LogP contribution in [0.4, 0.5) is 5.69 Å². The van der Waals surface area contributed by atoms with E-state index in [-0.39, 0.29) is 18.0 Å². The van der Waals surface area contributed by atoms with Gasteiger partial charge in [-0.3, -0.25) is 9.59 Å². The number of para-hydroxylation sites is 1. The Morgan fingerprint density at radius 1 is 1.22 bits per heavy atom. The number of carbonyl (C=O) groups excluding carboxylic acids is 1. The Balaban J connectivity index is 1.69. The minimum Gasteiger partial charge on any atom is -0.367 e. The molecule has 1 saturated heterocycles. The molecule has 0 bridgehead atoms. The van der Waals surface area contributed by atoms with Crippen LogP contribution in [0, 0.1) is 25.2 Å². The van der Waals surface area contributed by atoms with Crippen molar-refractivity contribution >= 4 is 23.2 Å². The van der Waals surface area contributed by atoms with Crippen LogP contribution in [0.5, 0.6) is 0 Å². The number of hydrogen-bond donors (Lipinski definition) is 0. The summed E-state index contributed by atoms with van der Waals surface area (Å²) in [4.78, 5) is 28.8. The molecule has 7 nitrogen and oxygen atoms in total. The summed E-state index contributed by atoms with van der Waals surface area (Å²) >= 11 is 6.24. The van der Waals surface area contributed by atoms with Gasteiger partial charge in [0.25, 0.3) is 5.56 Å². The van der Waals surface area contributed by atoms with Gasteiger partial charge < -0.3 is 9.80 Å². The lowest BCUT2D eigenvalue weighted by Crippen LogP contribution is -2.50. The van der Waals surface area contributed by atoms with Gasteiger partial charge in [-0.15, -0.1) is 0 Å². The minimum atomic E-state index is -0.524. The molecule has 0 saturated carbocycles. The Bertz CT molecular complexity index is 971. The maximum Gasteiger partial charge on any atom is 0.285 e. The zero-order valence-corrected chi connectivity index (χ0v) is 16.0. The van der Waals surface area contributed by atoms with Gasteiger partial charge in [-0.2, -0.15) is 10.4 Å². The van der Waals surface area contributed by atoms with Crippen molar-refractivity contribution in [3.63, 3.8) is 0 Å². The first-order valence-corrected chi connectivity index (χ1v) is 9.06. The number of nitrogens with zero attached hydrogens (tertiary/aromatic N) is 5. The number of amides is 1. The second kappa shape index (κ2) is 7.80. The molecule has 1 aliphatic rings. The number of aromatic nitrogens is 2. The molecule has 0 radical (unpaired) electrons. The molecule has 8 heteroatoms. The summed E-state index contributed by atoms with van der Waals surface area (Å²) in [5.41, 5.74) is 1.60. The minimum absolute atomic E-state index is 0.0406. The number of anilines is 1. The molecule has 0 N–H and O–H groups in total. The average molecular weight is 386 g/mol. The third kappa shape index (κ3) is 3.81. The highest BCUT2D eigenvalue weighted by atomic mass is 35.5. The standard InChI is InChI=1S/C19H20ClN5O2/c1-13-14(2)22-25(19(27)15(13)11-21)12-18(26)24-9-7-23(8-10-24)17-6-4-3-5-16(17)20/h3-6H,7-10,12H2,1-2H3. The highest BCUT2D eigenvalue weighted by molar-refractivity contribution is 6.33. The smallest absolute Gasteiger partial charge is 0.285 e. The van der Waals surface area contributed by atoms with Gasteiger partial charge in [0, 0.05) is 26.2 Å². The molecular formula is C19H20ClN5O2. The van der Waals surface area contributed by atoms with Crippen LogP contribution >= 0.6 is 11.6 Å². The van der Waals surface area contributed by atoms with E-state index in [2.05, 4.69) is 10.00 Å². The molecule has 1 aliphatic heterocycles. The highest BCUT2D eigenvalue weighted by Crippen LogP contribution is 2.26. The van der Waals surface area contributed by atoms with Crippen molar-refractivity contribution in [1.82, 2.24) is 14.7 Å². The first-order valence-electron chi connectivity index (χ1n) is 8.68. The normalized spacial score (nSPS) is 14.1. The monoisotopic (exact) mass is 385 g/mol. The zero-order chi connectivity index (χ0) is 19.6. The molecule has 1 amide bonds. The first kappa shape index (κ1) is 18.9. The summed E-state index contributed by atoms with van der Waals surface area (Å²) in [7, 11) is 0. The fraction of sp³-hybridized carbons (Fsp3) is 0.368. The van der Waals surface area contributed by atoms with Gasteiger partial charge in [0.15, 0.2) is 0 Å². The van der Waals surface area contributed by atoms with E-state index in [0.29, 0.717) is 42.5 Å². The van der Waals surface area contributed by atoms with Gasteiger partial charge in [-0.05, 0) is 31.5 Å². The molecule has 1 aromatic carbocycles. The predicted octanol–water partition coefficient (Wildman–Crippen LogP) is 1.73. The van der Waals surface area contributed by atoms with Gasteiger partial charge in [-0.1, -0.05) is 23.7 Å². The second-order valence-corrected chi connectivity index (χ2v) is 6.89. The van der Waals surface area contributed by atoms with Gasteiger partial charge in [-0.25, -0.2) is 4.68 Å². The number of halogens is 1. The van der Waals surface area contributed by atoms with E-state index in [4.69, 9.17) is 11.6 Å². The van der Waals surface area contributed by atoms with Crippen molar-refractivity contribution in [2.75, 3.05) is 31.1 Å². The topological polar surface area (TPSA) is 82.2 Å². The summed E-state index contributed by atoms with van der Waals surface area (Å²) in [6, 6.07) is 9.53. The van der Waals surface area contributed by atoms with Crippen LogP contribution < -0.4 is 10.5 Å². The van der Waals surface area contributed by atoms with Crippen LogP contribution in [0.3, 0.4) is 0 Å². The maximum atomic E-state index is 12.6. The van der Waals surface area contributed by atoms with Crippen molar-refractivity contribution < 1.29 is 4.79 Å². The summed E-state index contributed by atoms with van der Waals surface area (Å²) in [5, 5.41) is 14.0. The lowest BCUT2D eigenvalue weighted by molar-refractivity contribution is -0.132. The summed E-state index contributed by atoms with van der Waals surface area (Å²) in [5.74, 6) is -0.185. The van der Waals surface area contributed by atoms with Crippen molar-refractivity contribution in [2.24, 2.45) is 0 Å². The Hall–Kier alpha value is -2.85. The fourth-order valence-electron chi connectivity index (χ4n) is 3.14. The van der Waals surface area contributed by atoms with Gasteiger partial charge >= 0.3 is 0 Å². The molecule has 0 aliphatic carbocycles. The molecule has 1 aromatic heterocycles. The molecule has 2 heterocycles. The number of piperazine rings is 1. The van der Waals surface area contributed by atoms with E-state index in [0.717, 1.165) is 10.4 Å². The lowest BCUT2D eigenvalue weighted by atomic mass is 10.1. The maximum absolute atomic E-state index is 12.6. The summed E-state index contributed by atoms with van der Waals surface area (Å²) in [6.07, 6.45) is 0. The molecule has 0 unspecified atom stereocenters. The van der Waals surface area contributed by atoms with Crippen LogP contribution in [0.25, 0.3) is 0 Å². The Morgan fingerprint density at radius 2 is 1.89 bits per heavy atom. The number of aryl methyl sites for hydroxylation is 1. The number of carbonyl (C=O) groups is 1. The Morgan fingerprint density at radius 3 is 2.52 bits per heavy atom.